The quantitative estimate of drug-likeness (QED) is 0.852. The maximum Gasteiger partial charge on any atom is 0.310 e. The Hall–Kier alpha value is -1.59. The van der Waals surface area contributed by atoms with Crippen molar-refractivity contribution in [3.63, 3.8) is 0 Å². The SMILES string of the molecule is COC(=O)Cc1ccc(CNc2cc(Cl)ccc2F)s1. The maximum absolute atomic E-state index is 13.5. The Morgan fingerprint density at radius 2 is 2.10 bits per heavy atom. The molecule has 0 spiro atoms. The van der Waals surface area contributed by atoms with E-state index in [0.29, 0.717) is 17.3 Å². The second-order valence-corrected chi connectivity index (χ2v) is 5.79. The van der Waals surface area contributed by atoms with Gasteiger partial charge in [0.1, 0.15) is 5.82 Å². The topological polar surface area (TPSA) is 38.3 Å². The van der Waals surface area contributed by atoms with Gasteiger partial charge >= 0.3 is 5.97 Å². The van der Waals surface area contributed by atoms with E-state index in [9.17, 15) is 9.18 Å². The van der Waals surface area contributed by atoms with Crippen molar-refractivity contribution < 1.29 is 13.9 Å². The Morgan fingerprint density at radius 1 is 1.35 bits per heavy atom. The predicted octanol–water partition coefficient (Wildman–Crippen LogP) is 3.87. The van der Waals surface area contributed by atoms with Crippen LogP contribution in [-0.4, -0.2) is 13.1 Å². The van der Waals surface area contributed by atoms with Crippen LogP contribution in [-0.2, 0) is 22.5 Å². The van der Waals surface area contributed by atoms with Gasteiger partial charge in [0.25, 0.3) is 0 Å². The van der Waals surface area contributed by atoms with Crippen LogP contribution in [0.3, 0.4) is 0 Å². The third-order valence-electron chi connectivity index (χ3n) is 2.65. The number of rotatable bonds is 5. The molecule has 1 aromatic carbocycles. The summed E-state index contributed by atoms with van der Waals surface area (Å²) in [4.78, 5) is 13.1. The zero-order chi connectivity index (χ0) is 14.5. The summed E-state index contributed by atoms with van der Waals surface area (Å²) in [5, 5.41) is 3.46. The van der Waals surface area contributed by atoms with E-state index in [2.05, 4.69) is 10.1 Å². The first-order valence-corrected chi connectivity index (χ1v) is 7.11. The van der Waals surface area contributed by atoms with E-state index in [4.69, 9.17) is 11.6 Å². The summed E-state index contributed by atoms with van der Waals surface area (Å²) in [6.07, 6.45) is 0.257. The fraction of sp³-hybridized carbons (Fsp3) is 0.214. The molecule has 0 atom stereocenters. The summed E-state index contributed by atoms with van der Waals surface area (Å²) in [6, 6.07) is 8.13. The van der Waals surface area contributed by atoms with Gasteiger partial charge in [-0.05, 0) is 30.3 Å². The van der Waals surface area contributed by atoms with E-state index in [-0.39, 0.29) is 18.2 Å². The Labute approximate surface area is 125 Å². The lowest BCUT2D eigenvalue weighted by atomic mass is 10.3. The molecule has 1 aromatic heterocycles. The van der Waals surface area contributed by atoms with Gasteiger partial charge in [-0.2, -0.15) is 0 Å². The van der Waals surface area contributed by atoms with Crippen molar-refractivity contribution >= 4 is 34.6 Å². The number of hydrogen-bond donors (Lipinski definition) is 1. The molecule has 3 nitrogen and oxygen atoms in total. The third kappa shape index (κ3) is 3.95. The van der Waals surface area contributed by atoms with E-state index >= 15 is 0 Å². The molecule has 0 bridgehead atoms. The molecular formula is C14H13ClFNO2S. The molecule has 0 aliphatic rings. The van der Waals surface area contributed by atoms with Gasteiger partial charge in [-0.15, -0.1) is 11.3 Å². The number of halogens is 2. The van der Waals surface area contributed by atoms with Crippen LogP contribution in [0.25, 0.3) is 0 Å². The highest BCUT2D eigenvalue weighted by atomic mass is 35.5. The Balaban J connectivity index is 1.97. The van der Waals surface area contributed by atoms with E-state index in [1.807, 2.05) is 12.1 Å². The molecule has 2 aromatic rings. The summed E-state index contributed by atoms with van der Waals surface area (Å²) < 4.78 is 18.1. The van der Waals surface area contributed by atoms with Gasteiger partial charge in [-0.1, -0.05) is 11.6 Å². The normalized spacial score (nSPS) is 10.3. The number of anilines is 1. The molecule has 0 saturated heterocycles. The van der Waals surface area contributed by atoms with Crippen LogP contribution in [0.5, 0.6) is 0 Å². The highest BCUT2D eigenvalue weighted by Gasteiger charge is 2.07. The van der Waals surface area contributed by atoms with E-state index in [1.54, 1.807) is 6.07 Å². The standard InChI is InChI=1S/C14H13ClFNO2S/c1-19-14(18)7-10-3-4-11(20-10)8-17-13-6-9(15)2-5-12(13)16/h2-6,17H,7-8H2,1H3. The average Bonchev–Trinajstić information content (AvgIpc) is 2.87. The van der Waals surface area contributed by atoms with Crippen LogP contribution in [0.1, 0.15) is 9.75 Å². The lowest BCUT2D eigenvalue weighted by Gasteiger charge is -2.06. The summed E-state index contributed by atoms with van der Waals surface area (Å²) in [7, 11) is 1.36. The molecule has 1 N–H and O–H groups in total. The Bertz CT molecular complexity index is 615. The zero-order valence-corrected chi connectivity index (χ0v) is 12.4. The number of ether oxygens (including phenoxy) is 1. The molecule has 0 radical (unpaired) electrons. The highest BCUT2D eigenvalue weighted by Crippen LogP contribution is 2.22. The summed E-state index contributed by atoms with van der Waals surface area (Å²) in [5.41, 5.74) is 0.361. The minimum atomic E-state index is -0.347. The Morgan fingerprint density at radius 3 is 2.85 bits per heavy atom. The van der Waals surface area contributed by atoms with Crippen molar-refractivity contribution in [2.24, 2.45) is 0 Å². The summed E-state index contributed by atoms with van der Waals surface area (Å²) in [5.74, 6) is -0.618. The number of methoxy groups -OCH3 is 1. The summed E-state index contributed by atoms with van der Waals surface area (Å²) in [6.45, 7) is 0.475. The maximum atomic E-state index is 13.5. The molecule has 0 saturated carbocycles. The van der Waals surface area contributed by atoms with Crippen LogP contribution in [0, 0.1) is 5.82 Å². The first-order valence-electron chi connectivity index (χ1n) is 5.92. The van der Waals surface area contributed by atoms with Crippen molar-refractivity contribution in [2.75, 3.05) is 12.4 Å². The fourth-order valence-electron chi connectivity index (χ4n) is 1.64. The molecule has 0 fully saturated rings. The van der Waals surface area contributed by atoms with Crippen LogP contribution >= 0.6 is 22.9 Å². The fourth-order valence-corrected chi connectivity index (χ4v) is 2.76. The first kappa shape index (κ1) is 14.8. The van der Waals surface area contributed by atoms with Crippen LogP contribution in [0.15, 0.2) is 30.3 Å². The highest BCUT2D eigenvalue weighted by molar-refractivity contribution is 7.12. The number of nitrogens with one attached hydrogen (secondary N) is 1. The van der Waals surface area contributed by atoms with Gasteiger partial charge in [0.15, 0.2) is 0 Å². The molecular weight excluding hydrogens is 301 g/mol. The van der Waals surface area contributed by atoms with Gasteiger partial charge in [-0.25, -0.2) is 4.39 Å². The van der Waals surface area contributed by atoms with Crippen molar-refractivity contribution in [1.29, 1.82) is 0 Å². The molecule has 2 rings (SSSR count). The Kier molecular flexibility index (Phi) is 4.98. The molecule has 6 heteroatoms. The summed E-state index contributed by atoms with van der Waals surface area (Å²) >= 11 is 7.31. The lowest BCUT2D eigenvalue weighted by Crippen LogP contribution is -2.02. The predicted molar refractivity (Wildman–Crippen MR) is 78.8 cm³/mol. The molecule has 0 unspecified atom stereocenters. The number of carbonyl (C=O) groups is 1. The molecule has 106 valence electrons. The van der Waals surface area contributed by atoms with Gasteiger partial charge in [0.2, 0.25) is 0 Å². The molecule has 1 heterocycles. The van der Waals surface area contributed by atoms with Gasteiger partial charge in [0, 0.05) is 21.3 Å². The van der Waals surface area contributed by atoms with E-state index in [0.717, 1.165) is 9.75 Å². The monoisotopic (exact) mass is 313 g/mol. The minimum Gasteiger partial charge on any atom is -0.469 e. The van der Waals surface area contributed by atoms with Crippen LogP contribution in [0.4, 0.5) is 10.1 Å². The number of hydrogen-bond acceptors (Lipinski definition) is 4. The minimum absolute atomic E-state index is 0.257. The number of thiophene rings is 1. The van der Waals surface area contributed by atoms with Gasteiger partial charge in [-0.3, -0.25) is 4.79 Å². The number of esters is 1. The lowest BCUT2D eigenvalue weighted by molar-refractivity contribution is -0.139. The molecule has 0 aliphatic carbocycles. The van der Waals surface area contributed by atoms with Gasteiger partial charge < -0.3 is 10.1 Å². The second kappa shape index (κ2) is 6.72. The van der Waals surface area contributed by atoms with Crippen LogP contribution in [0.2, 0.25) is 5.02 Å². The van der Waals surface area contributed by atoms with Crippen LogP contribution < -0.4 is 5.32 Å². The molecule has 20 heavy (non-hydrogen) atoms. The van der Waals surface area contributed by atoms with Crippen molar-refractivity contribution in [2.45, 2.75) is 13.0 Å². The van der Waals surface area contributed by atoms with Crippen molar-refractivity contribution in [3.8, 4) is 0 Å². The molecule has 0 amide bonds. The molecule has 0 aliphatic heterocycles. The number of benzene rings is 1. The van der Waals surface area contributed by atoms with Gasteiger partial charge in [0.05, 0.1) is 19.2 Å². The van der Waals surface area contributed by atoms with E-state index in [1.165, 1.54) is 30.6 Å². The third-order valence-corrected chi connectivity index (χ3v) is 3.97. The largest absolute Gasteiger partial charge is 0.469 e. The smallest absolute Gasteiger partial charge is 0.310 e. The zero-order valence-electron chi connectivity index (χ0n) is 10.8. The number of carbonyl (C=O) groups excluding carboxylic acids is 1. The van der Waals surface area contributed by atoms with Crippen molar-refractivity contribution in [1.82, 2.24) is 0 Å². The second-order valence-electron chi connectivity index (χ2n) is 4.10. The van der Waals surface area contributed by atoms with E-state index < -0.39 is 0 Å². The van der Waals surface area contributed by atoms with Crippen molar-refractivity contribution in [3.05, 3.63) is 50.9 Å². The first-order chi connectivity index (χ1) is 9.58. The average molecular weight is 314 g/mol.